The summed E-state index contributed by atoms with van der Waals surface area (Å²) in [6, 6.07) is 1.19. The van der Waals surface area contributed by atoms with Gasteiger partial charge < -0.3 is 10.2 Å². The molecule has 0 fully saturated rings. The average molecular weight is 256 g/mol. The molecule has 0 saturated carbocycles. The van der Waals surface area contributed by atoms with E-state index in [2.05, 4.69) is 65.6 Å². The molecule has 0 bridgehead atoms. The lowest BCUT2D eigenvalue weighted by molar-refractivity contribution is 0.106. The summed E-state index contributed by atoms with van der Waals surface area (Å²) in [6.07, 6.45) is 1.21. The largest absolute Gasteiger partial charge is 0.314 e. The Hall–Kier alpha value is -0.0800. The highest BCUT2D eigenvalue weighted by atomic mass is 15.2. The molecule has 0 aromatic carbocycles. The zero-order valence-corrected chi connectivity index (χ0v) is 14.0. The van der Waals surface area contributed by atoms with Crippen molar-refractivity contribution in [3.63, 3.8) is 0 Å². The topological polar surface area (TPSA) is 15.3 Å². The maximum Gasteiger partial charge on any atom is 0.0102 e. The van der Waals surface area contributed by atoms with Gasteiger partial charge in [0.25, 0.3) is 0 Å². The van der Waals surface area contributed by atoms with E-state index in [1.807, 2.05) is 0 Å². The molecular weight excluding hydrogens is 220 g/mol. The Morgan fingerprint density at radius 3 is 2.00 bits per heavy atom. The molecule has 0 rings (SSSR count). The fourth-order valence-electron chi connectivity index (χ4n) is 2.22. The summed E-state index contributed by atoms with van der Waals surface area (Å²) < 4.78 is 0. The summed E-state index contributed by atoms with van der Waals surface area (Å²) in [4.78, 5) is 2.62. The van der Waals surface area contributed by atoms with Crippen LogP contribution in [0.15, 0.2) is 0 Å². The molecule has 18 heavy (non-hydrogen) atoms. The lowest BCUT2D eigenvalue weighted by Gasteiger charge is -2.40. The van der Waals surface area contributed by atoms with E-state index >= 15 is 0 Å². The summed E-state index contributed by atoms with van der Waals surface area (Å²) in [6.45, 7) is 22.0. The van der Waals surface area contributed by atoms with Gasteiger partial charge in [-0.25, -0.2) is 0 Å². The van der Waals surface area contributed by atoms with E-state index in [-0.39, 0.29) is 0 Å². The first-order chi connectivity index (χ1) is 8.20. The average Bonchev–Trinajstić information content (AvgIpc) is 2.23. The molecule has 0 aromatic heterocycles. The Balaban J connectivity index is 4.48. The van der Waals surface area contributed by atoms with E-state index in [9.17, 15) is 0 Å². The Bertz CT molecular complexity index is 209. The Labute approximate surface area is 116 Å². The van der Waals surface area contributed by atoms with Crippen LogP contribution in [0.25, 0.3) is 0 Å². The number of rotatable bonds is 9. The molecule has 0 heterocycles. The van der Waals surface area contributed by atoms with Crippen LogP contribution < -0.4 is 5.32 Å². The standard InChI is InChI=1S/C16H36N2/c1-9-10-17-15(6)16(7,8)12-18(14(4)5)11-13(2)3/h13-15,17H,9-12H2,1-8H3. The van der Waals surface area contributed by atoms with Crippen molar-refractivity contribution in [2.45, 2.75) is 73.9 Å². The first-order valence-electron chi connectivity index (χ1n) is 7.68. The zero-order valence-electron chi connectivity index (χ0n) is 14.0. The van der Waals surface area contributed by atoms with Gasteiger partial charge in [-0.3, -0.25) is 0 Å². The van der Waals surface area contributed by atoms with Crippen LogP contribution in [0.5, 0.6) is 0 Å². The minimum Gasteiger partial charge on any atom is -0.314 e. The van der Waals surface area contributed by atoms with Crippen LogP contribution in [-0.2, 0) is 0 Å². The number of hydrogen-bond acceptors (Lipinski definition) is 2. The van der Waals surface area contributed by atoms with Gasteiger partial charge in [-0.1, -0.05) is 34.6 Å². The minimum atomic E-state index is 0.314. The molecule has 1 unspecified atom stereocenters. The fourth-order valence-corrected chi connectivity index (χ4v) is 2.22. The third-order valence-electron chi connectivity index (χ3n) is 3.81. The molecule has 110 valence electrons. The smallest absolute Gasteiger partial charge is 0.0102 e. The molecule has 0 aliphatic carbocycles. The summed E-state index contributed by atoms with van der Waals surface area (Å²) >= 11 is 0. The van der Waals surface area contributed by atoms with Gasteiger partial charge in [0.1, 0.15) is 0 Å². The van der Waals surface area contributed by atoms with Crippen molar-refractivity contribution in [1.82, 2.24) is 10.2 Å². The lowest BCUT2D eigenvalue weighted by Crippen LogP contribution is -2.49. The van der Waals surface area contributed by atoms with E-state index in [1.165, 1.54) is 19.5 Å². The quantitative estimate of drug-likeness (QED) is 0.675. The van der Waals surface area contributed by atoms with Gasteiger partial charge in [0.15, 0.2) is 0 Å². The van der Waals surface area contributed by atoms with Crippen molar-refractivity contribution >= 4 is 0 Å². The molecule has 2 nitrogen and oxygen atoms in total. The number of nitrogens with zero attached hydrogens (tertiary/aromatic N) is 1. The molecule has 1 atom stereocenters. The molecule has 0 aliphatic rings. The molecular formula is C16H36N2. The summed E-state index contributed by atoms with van der Waals surface area (Å²) in [5.74, 6) is 0.738. The van der Waals surface area contributed by atoms with Crippen molar-refractivity contribution in [2.75, 3.05) is 19.6 Å². The van der Waals surface area contributed by atoms with Gasteiger partial charge in [0, 0.05) is 25.2 Å². The van der Waals surface area contributed by atoms with Crippen LogP contribution in [0, 0.1) is 11.3 Å². The third-order valence-corrected chi connectivity index (χ3v) is 3.81. The van der Waals surface area contributed by atoms with Gasteiger partial charge in [-0.15, -0.1) is 0 Å². The molecule has 0 aromatic rings. The summed E-state index contributed by atoms with van der Waals surface area (Å²) in [5.41, 5.74) is 0.314. The van der Waals surface area contributed by atoms with Gasteiger partial charge >= 0.3 is 0 Å². The molecule has 2 heteroatoms. The Morgan fingerprint density at radius 2 is 1.61 bits per heavy atom. The molecule has 0 aliphatic heterocycles. The predicted molar refractivity (Wildman–Crippen MR) is 83.1 cm³/mol. The van der Waals surface area contributed by atoms with Gasteiger partial charge in [0.05, 0.1) is 0 Å². The van der Waals surface area contributed by atoms with Crippen LogP contribution in [0.1, 0.15) is 61.8 Å². The van der Waals surface area contributed by atoms with Crippen LogP contribution >= 0.6 is 0 Å². The van der Waals surface area contributed by atoms with E-state index in [1.54, 1.807) is 0 Å². The van der Waals surface area contributed by atoms with Gasteiger partial charge in [-0.05, 0) is 45.1 Å². The normalized spacial score (nSPS) is 14.8. The van der Waals surface area contributed by atoms with Crippen LogP contribution in [0.4, 0.5) is 0 Å². The van der Waals surface area contributed by atoms with Crippen molar-refractivity contribution in [2.24, 2.45) is 11.3 Å². The minimum absolute atomic E-state index is 0.314. The second kappa shape index (κ2) is 8.16. The SMILES string of the molecule is CCCNC(C)C(C)(C)CN(CC(C)C)C(C)C. The second-order valence-electron chi connectivity index (χ2n) is 7.08. The van der Waals surface area contributed by atoms with E-state index < -0.39 is 0 Å². The maximum atomic E-state index is 3.64. The highest BCUT2D eigenvalue weighted by molar-refractivity contribution is 4.85. The number of hydrogen-bond donors (Lipinski definition) is 1. The van der Waals surface area contributed by atoms with Crippen LogP contribution in [-0.4, -0.2) is 36.6 Å². The third kappa shape index (κ3) is 6.75. The molecule has 0 saturated heterocycles. The molecule has 0 radical (unpaired) electrons. The first kappa shape index (κ1) is 17.9. The molecule has 1 N–H and O–H groups in total. The highest BCUT2D eigenvalue weighted by Gasteiger charge is 2.29. The van der Waals surface area contributed by atoms with Crippen molar-refractivity contribution < 1.29 is 0 Å². The second-order valence-corrected chi connectivity index (χ2v) is 7.08. The Morgan fingerprint density at radius 1 is 1.06 bits per heavy atom. The van der Waals surface area contributed by atoms with Crippen LogP contribution in [0.3, 0.4) is 0 Å². The highest BCUT2D eigenvalue weighted by Crippen LogP contribution is 2.23. The summed E-state index contributed by atoms with van der Waals surface area (Å²) in [5, 5.41) is 3.64. The maximum absolute atomic E-state index is 3.64. The zero-order chi connectivity index (χ0) is 14.3. The summed E-state index contributed by atoms with van der Waals surface area (Å²) in [7, 11) is 0. The molecule has 0 spiro atoms. The van der Waals surface area contributed by atoms with Crippen molar-refractivity contribution in [3.05, 3.63) is 0 Å². The van der Waals surface area contributed by atoms with Gasteiger partial charge in [-0.2, -0.15) is 0 Å². The van der Waals surface area contributed by atoms with E-state index in [0.717, 1.165) is 12.5 Å². The fraction of sp³-hybridized carbons (Fsp3) is 1.00. The predicted octanol–water partition coefficient (Wildman–Crippen LogP) is 3.77. The van der Waals surface area contributed by atoms with Crippen molar-refractivity contribution in [1.29, 1.82) is 0 Å². The molecule has 0 amide bonds. The van der Waals surface area contributed by atoms with E-state index in [0.29, 0.717) is 17.5 Å². The lowest BCUT2D eigenvalue weighted by atomic mass is 9.84. The first-order valence-corrected chi connectivity index (χ1v) is 7.68. The number of nitrogens with one attached hydrogen (secondary N) is 1. The Kier molecular flexibility index (Phi) is 8.13. The van der Waals surface area contributed by atoms with Crippen LogP contribution in [0.2, 0.25) is 0 Å². The van der Waals surface area contributed by atoms with Crippen molar-refractivity contribution in [3.8, 4) is 0 Å². The van der Waals surface area contributed by atoms with E-state index in [4.69, 9.17) is 0 Å². The monoisotopic (exact) mass is 256 g/mol. The van der Waals surface area contributed by atoms with Gasteiger partial charge in [0.2, 0.25) is 0 Å².